The molecule has 0 unspecified atom stereocenters. The predicted molar refractivity (Wildman–Crippen MR) is 99.7 cm³/mol. The molecule has 0 saturated heterocycles. The molecule has 0 saturated carbocycles. The quantitative estimate of drug-likeness (QED) is 0.631. The van der Waals surface area contributed by atoms with Gasteiger partial charge in [0, 0.05) is 10.9 Å². The first kappa shape index (κ1) is 17.3. The maximum absolute atomic E-state index is 12.5. The van der Waals surface area contributed by atoms with Crippen LogP contribution in [0.2, 0.25) is 0 Å². The molecule has 0 fully saturated rings. The number of hydrogen-bond acceptors (Lipinski definition) is 3. The molecule has 1 N–H and O–H groups in total. The Morgan fingerprint density at radius 2 is 1.92 bits per heavy atom. The second-order valence-corrected chi connectivity index (χ2v) is 6.40. The Bertz CT molecular complexity index is 816. The van der Waals surface area contributed by atoms with E-state index in [9.17, 15) is 4.79 Å². The summed E-state index contributed by atoms with van der Waals surface area (Å²) in [5.74, 6) is 1.07. The van der Waals surface area contributed by atoms with Crippen LogP contribution in [-0.2, 0) is 13.0 Å². The molecule has 0 aliphatic carbocycles. The summed E-state index contributed by atoms with van der Waals surface area (Å²) in [7, 11) is 0. The van der Waals surface area contributed by atoms with E-state index >= 15 is 0 Å². The van der Waals surface area contributed by atoms with E-state index in [-0.39, 0.29) is 5.91 Å². The van der Waals surface area contributed by atoms with Gasteiger partial charge in [-0.2, -0.15) is 0 Å². The molecular weight excluding hydrogens is 382 g/mol. The molecule has 0 bridgehead atoms. The van der Waals surface area contributed by atoms with Crippen molar-refractivity contribution in [3.8, 4) is 5.75 Å². The van der Waals surface area contributed by atoms with Gasteiger partial charge in [0.1, 0.15) is 11.5 Å². The van der Waals surface area contributed by atoms with E-state index in [2.05, 4.69) is 33.4 Å². The van der Waals surface area contributed by atoms with Crippen molar-refractivity contribution in [3.05, 3.63) is 88.3 Å². The minimum Gasteiger partial charge on any atom is -0.492 e. The van der Waals surface area contributed by atoms with E-state index in [1.807, 2.05) is 30.3 Å². The predicted octanol–water partition coefficient (Wildman–Crippen LogP) is 4.59. The van der Waals surface area contributed by atoms with Crippen LogP contribution >= 0.6 is 15.9 Å². The summed E-state index contributed by atoms with van der Waals surface area (Å²) in [5, 5.41) is 2.84. The lowest BCUT2D eigenvalue weighted by atomic mass is 10.1. The van der Waals surface area contributed by atoms with Crippen molar-refractivity contribution in [1.29, 1.82) is 0 Å². The Morgan fingerprint density at radius 1 is 1.08 bits per heavy atom. The first-order valence-electron chi connectivity index (χ1n) is 7.99. The van der Waals surface area contributed by atoms with Gasteiger partial charge in [-0.25, -0.2) is 0 Å². The molecule has 5 heteroatoms. The fourth-order valence-corrected chi connectivity index (χ4v) is 2.77. The van der Waals surface area contributed by atoms with Crippen LogP contribution in [0, 0.1) is 0 Å². The van der Waals surface area contributed by atoms with Crippen LogP contribution in [0.4, 0.5) is 0 Å². The highest BCUT2D eigenvalue weighted by atomic mass is 79.9. The smallest absolute Gasteiger partial charge is 0.255 e. The SMILES string of the molecule is O=C(NCc1ccco1)c1cc(Br)ccc1OCCc1ccccc1. The molecule has 2 aromatic carbocycles. The summed E-state index contributed by atoms with van der Waals surface area (Å²) in [4.78, 5) is 12.5. The van der Waals surface area contributed by atoms with Crippen molar-refractivity contribution in [2.24, 2.45) is 0 Å². The maximum Gasteiger partial charge on any atom is 0.255 e. The fraction of sp³-hybridized carbons (Fsp3) is 0.150. The molecule has 0 spiro atoms. The Balaban J connectivity index is 1.63. The van der Waals surface area contributed by atoms with E-state index in [1.54, 1.807) is 24.5 Å². The minimum absolute atomic E-state index is 0.201. The van der Waals surface area contributed by atoms with Crippen molar-refractivity contribution < 1.29 is 13.9 Å². The highest BCUT2D eigenvalue weighted by molar-refractivity contribution is 9.10. The van der Waals surface area contributed by atoms with Gasteiger partial charge in [-0.3, -0.25) is 4.79 Å². The number of ether oxygens (including phenoxy) is 1. The van der Waals surface area contributed by atoms with E-state index in [1.165, 1.54) is 5.56 Å². The van der Waals surface area contributed by atoms with E-state index in [4.69, 9.17) is 9.15 Å². The molecule has 0 aliphatic heterocycles. The molecule has 0 atom stereocenters. The fourth-order valence-electron chi connectivity index (χ4n) is 2.40. The Morgan fingerprint density at radius 3 is 2.68 bits per heavy atom. The van der Waals surface area contributed by atoms with Crippen molar-refractivity contribution in [1.82, 2.24) is 5.32 Å². The first-order valence-corrected chi connectivity index (χ1v) is 8.78. The van der Waals surface area contributed by atoms with Crippen LogP contribution in [0.25, 0.3) is 0 Å². The summed E-state index contributed by atoms with van der Waals surface area (Å²) in [6, 6.07) is 19.1. The van der Waals surface area contributed by atoms with Gasteiger partial charge in [0.15, 0.2) is 0 Å². The van der Waals surface area contributed by atoms with Crippen molar-refractivity contribution in [2.75, 3.05) is 6.61 Å². The van der Waals surface area contributed by atoms with Crippen LogP contribution < -0.4 is 10.1 Å². The van der Waals surface area contributed by atoms with Gasteiger partial charge in [-0.05, 0) is 35.9 Å². The summed E-state index contributed by atoms with van der Waals surface area (Å²) < 4.78 is 11.9. The lowest BCUT2D eigenvalue weighted by Gasteiger charge is -2.12. The summed E-state index contributed by atoms with van der Waals surface area (Å²) in [5.41, 5.74) is 1.69. The average Bonchev–Trinajstić information content (AvgIpc) is 3.15. The Kier molecular flexibility index (Phi) is 5.90. The number of amides is 1. The van der Waals surface area contributed by atoms with E-state index in [0.29, 0.717) is 30.2 Å². The molecule has 3 rings (SSSR count). The molecule has 1 amide bonds. The topological polar surface area (TPSA) is 51.5 Å². The number of hydrogen-bond donors (Lipinski definition) is 1. The minimum atomic E-state index is -0.201. The molecule has 4 nitrogen and oxygen atoms in total. The molecular formula is C20H18BrNO3. The lowest BCUT2D eigenvalue weighted by Crippen LogP contribution is -2.23. The van der Waals surface area contributed by atoms with Gasteiger partial charge in [0.05, 0.1) is 25.0 Å². The third-order valence-corrected chi connectivity index (χ3v) is 4.17. The van der Waals surface area contributed by atoms with Crippen molar-refractivity contribution in [3.63, 3.8) is 0 Å². The van der Waals surface area contributed by atoms with Gasteiger partial charge in [0.2, 0.25) is 0 Å². The summed E-state index contributed by atoms with van der Waals surface area (Å²) in [6.45, 7) is 0.839. The monoisotopic (exact) mass is 399 g/mol. The number of nitrogens with one attached hydrogen (secondary N) is 1. The van der Waals surface area contributed by atoms with Crippen LogP contribution in [0.1, 0.15) is 21.7 Å². The number of carbonyl (C=O) groups excluding carboxylic acids is 1. The number of halogens is 1. The van der Waals surface area contributed by atoms with Gasteiger partial charge in [-0.15, -0.1) is 0 Å². The third kappa shape index (κ3) is 4.97. The van der Waals surface area contributed by atoms with Crippen LogP contribution in [0.15, 0.2) is 75.8 Å². The van der Waals surface area contributed by atoms with E-state index in [0.717, 1.165) is 10.9 Å². The standard InChI is InChI=1S/C20H18BrNO3/c21-16-8-9-19(25-12-10-15-5-2-1-3-6-15)18(13-16)20(23)22-14-17-7-4-11-24-17/h1-9,11,13H,10,12,14H2,(H,22,23). The first-order chi connectivity index (χ1) is 12.2. The molecule has 128 valence electrons. The zero-order valence-electron chi connectivity index (χ0n) is 13.6. The van der Waals surface area contributed by atoms with Crippen LogP contribution in [-0.4, -0.2) is 12.5 Å². The van der Waals surface area contributed by atoms with E-state index < -0.39 is 0 Å². The number of rotatable bonds is 7. The molecule has 0 aliphatic rings. The highest BCUT2D eigenvalue weighted by Gasteiger charge is 2.14. The zero-order chi connectivity index (χ0) is 17.5. The molecule has 0 radical (unpaired) electrons. The van der Waals surface area contributed by atoms with Crippen molar-refractivity contribution in [2.45, 2.75) is 13.0 Å². The largest absolute Gasteiger partial charge is 0.492 e. The average molecular weight is 400 g/mol. The molecule has 3 aromatic rings. The van der Waals surface area contributed by atoms with Gasteiger partial charge < -0.3 is 14.5 Å². The summed E-state index contributed by atoms with van der Waals surface area (Å²) >= 11 is 3.41. The van der Waals surface area contributed by atoms with Gasteiger partial charge in [-0.1, -0.05) is 46.3 Å². The lowest BCUT2D eigenvalue weighted by molar-refractivity contribution is 0.0944. The van der Waals surface area contributed by atoms with Crippen LogP contribution in [0.3, 0.4) is 0 Å². The molecule has 1 heterocycles. The second-order valence-electron chi connectivity index (χ2n) is 5.49. The number of benzene rings is 2. The summed E-state index contributed by atoms with van der Waals surface area (Å²) in [6.07, 6.45) is 2.36. The molecule has 1 aromatic heterocycles. The van der Waals surface area contributed by atoms with Crippen LogP contribution in [0.5, 0.6) is 5.75 Å². The van der Waals surface area contributed by atoms with Crippen molar-refractivity contribution >= 4 is 21.8 Å². The second kappa shape index (κ2) is 8.53. The van der Waals surface area contributed by atoms with Gasteiger partial charge >= 0.3 is 0 Å². The number of furan rings is 1. The Hall–Kier alpha value is -2.53. The third-order valence-electron chi connectivity index (χ3n) is 3.68. The van der Waals surface area contributed by atoms with Gasteiger partial charge in [0.25, 0.3) is 5.91 Å². The molecule has 25 heavy (non-hydrogen) atoms. The highest BCUT2D eigenvalue weighted by Crippen LogP contribution is 2.23. The number of carbonyl (C=O) groups is 1. The zero-order valence-corrected chi connectivity index (χ0v) is 15.2. The Labute approximate surface area is 154 Å². The maximum atomic E-state index is 12.5. The normalized spacial score (nSPS) is 10.4.